The second kappa shape index (κ2) is 7.01. The third-order valence-corrected chi connectivity index (χ3v) is 6.95. The minimum atomic E-state index is -0.0390. The second-order valence-electron chi connectivity index (χ2n) is 8.56. The fraction of sp³-hybridized carbons (Fsp3) is 0.348. The van der Waals surface area contributed by atoms with Gasteiger partial charge in [-0.2, -0.15) is 0 Å². The molecule has 0 unspecified atom stereocenters. The molecule has 0 bridgehead atoms. The summed E-state index contributed by atoms with van der Waals surface area (Å²) in [4.78, 5) is 30.2. The molecule has 0 radical (unpaired) electrons. The Kier molecular flexibility index (Phi) is 4.12. The standard InChI is InChI=1S/C23H22N6O2/c30-22-13-21-20(29(22)19-11-16-3-1-2-4-17(16)12-19)9-10-27(21)23(31)15-5-7-18(8-6-15)28-14-24-25-26-28/h1-8,14,19-21H,9-13H2/t20-,21-/m0/s1. The highest BCUT2D eigenvalue weighted by atomic mass is 16.2. The zero-order valence-electron chi connectivity index (χ0n) is 17.0. The third kappa shape index (κ3) is 2.93. The van der Waals surface area contributed by atoms with Crippen molar-refractivity contribution in [3.8, 4) is 5.69 Å². The lowest BCUT2D eigenvalue weighted by Gasteiger charge is -2.30. The van der Waals surface area contributed by atoms with E-state index in [1.165, 1.54) is 17.5 Å². The van der Waals surface area contributed by atoms with Crippen molar-refractivity contribution in [1.82, 2.24) is 30.0 Å². The van der Waals surface area contributed by atoms with Crippen molar-refractivity contribution in [2.24, 2.45) is 0 Å². The molecular formula is C23H22N6O2. The maximum atomic E-state index is 13.2. The second-order valence-corrected chi connectivity index (χ2v) is 8.56. The molecule has 0 saturated carbocycles. The molecule has 2 aromatic carbocycles. The number of benzene rings is 2. The zero-order valence-corrected chi connectivity index (χ0v) is 17.0. The van der Waals surface area contributed by atoms with Crippen molar-refractivity contribution in [2.45, 2.75) is 43.8 Å². The van der Waals surface area contributed by atoms with E-state index < -0.39 is 0 Å². The van der Waals surface area contributed by atoms with Gasteiger partial charge in [0.25, 0.3) is 5.91 Å². The summed E-state index contributed by atoms with van der Waals surface area (Å²) in [7, 11) is 0. The quantitative estimate of drug-likeness (QED) is 0.651. The van der Waals surface area contributed by atoms with Crippen LogP contribution in [0.25, 0.3) is 5.69 Å². The topological polar surface area (TPSA) is 84.2 Å². The smallest absolute Gasteiger partial charge is 0.254 e. The molecule has 6 rings (SSSR count). The number of amides is 2. The van der Waals surface area contributed by atoms with Gasteiger partial charge in [-0.1, -0.05) is 24.3 Å². The Bertz CT molecular complexity index is 1120. The molecule has 2 atom stereocenters. The molecule has 1 aromatic heterocycles. The summed E-state index contributed by atoms with van der Waals surface area (Å²) in [5, 5.41) is 11.1. The van der Waals surface area contributed by atoms with Crippen LogP contribution in [-0.2, 0) is 17.6 Å². The van der Waals surface area contributed by atoms with Crippen LogP contribution in [0, 0.1) is 0 Å². The summed E-state index contributed by atoms with van der Waals surface area (Å²) in [5.41, 5.74) is 4.11. The molecule has 2 saturated heterocycles. The molecule has 31 heavy (non-hydrogen) atoms. The van der Waals surface area contributed by atoms with Crippen molar-refractivity contribution in [3.63, 3.8) is 0 Å². The van der Waals surface area contributed by atoms with Gasteiger partial charge in [0, 0.05) is 24.6 Å². The lowest BCUT2D eigenvalue weighted by atomic mass is 10.1. The number of tetrazole rings is 1. The number of carbonyl (C=O) groups is 2. The Morgan fingerprint density at radius 3 is 2.35 bits per heavy atom. The van der Waals surface area contributed by atoms with E-state index in [4.69, 9.17) is 0 Å². The molecular weight excluding hydrogens is 392 g/mol. The van der Waals surface area contributed by atoms with Gasteiger partial charge in [-0.05, 0) is 65.1 Å². The Labute approximate surface area is 179 Å². The van der Waals surface area contributed by atoms with E-state index in [-0.39, 0.29) is 29.9 Å². The molecule has 8 nitrogen and oxygen atoms in total. The summed E-state index contributed by atoms with van der Waals surface area (Å²) in [5.74, 6) is 0.166. The molecule has 3 heterocycles. The summed E-state index contributed by atoms with van der Waals surface area (Å²) >= 11 is 0. The predicted molar refractivity (Wildman–Crippen MR) is 111 cm³/mol. The first-order valence-corrected chi connectivity index (χ1v) is 10.7. The predicted octanol–water partition coefficient (Wildman–Crippen LogP) is 1.65. The average Bonchev–Trinajstić information content (AvgIpc) is 3.56. The van der Waals surface area contributed by atoms with E-state index in [1.54, 1.807) is 16.8 Å². The van der Waals surface area contributed by atoms with Gasteiger partial charge in [-0.15, -0.1) is 5.10 Å². The summed E-state index contributed by atoms with van der Waals surface area (Å²) in [6.45, 7) is 0.687. The molecule has 8 heteroatoms. The number of carbonyl (C=O) groups excluding carboxylic acids is 2. The van der Waals surface area contributed by atoms with Crippen LogP contribution in [0.4, 0.5) is 0 Å². The van der Waals surface area contributed by atoms with Crippen LogP contribution in [0.2, 0.25) is 0 Å². The van der Waals surface area contributed by atoms with E-state index >= 15 is 0 Å². The molecule has 0 spiro atoms. The van der Waals surface area contributed by atoms with Crippen LogP contribution in [0.1, 0.15) is 34.3 Å². The Morgan fingerprint density at radius 2 is 1.68 bits per heavy atom. The molecule has 2 amide bonds. The highest BCUT2D eigenvalue weighted by Crippen LogP contribution is 2.38. The Hall–Kier alpha value is -3.55. The highest BCUT2D eigenvalue weighted by Gasteiger charge is 2.51. The van der Waals surface area contributed by atoms with Gasteiger partial charge in [0.2, 0.25) is 5.91 Å². The fourth-order valence-electron chi connectivity index (χ4n) is 5.54. The first kappa shape index (κ1) is 18.2. The monoisotopic (exact) mass is 414 g/mol. The minimum Gasteiger partial charge on any atom is -0.334 e. The number of hydrogen-bond acceptors (Lipinski definition) is 5. The number of likely N-dealkylation sites (tertiary alicyclic amines) is 2. The molecule has 3 aliphatic rings. The van der Waals surface area contributed by atoms with Crippen LogP contribution in [0.3, 0.4) is 0 Å². The molecule has 2 fully saturated rings. The van der Waals surface area contributed by atoms with E-state index in [0.717, 1.165) is 24.9 Å². The van der Waals surface area contributed by atoms with Crippen molar-refractivity contribution < 1.29 is 9.59 Å². The minimum absolute atomic E-state index is 0.0138. The lowest BCUT2D eigenvalue weighted by molar-refractivity contribution is -0.131. The maximum Gasteiger partial charge on any atom is 0.254 e. The highest BCUT2D eigenvalue weighted by molar-refractivity contribution is 5.96. The van der Waals surface area contributed by atoms with E-state index in [9.17, 15) is 9.59 Å². The molecule has 2 aliphatic heterocycles. The Morgan fingerprint density at radius 1 is 0.935 bits per heavy atom. The number of fused-ring (bicyclic) bond motifs is 2. The number of aromatic nitrogens is 4. The van der Waals surface area contributed by atoms with Crippen molar-refractivity contribution in [1.29, 1.82) is 0 Å². The normalized spacial score (nSPS) is 22.8. The van der Waals surface area contributed by atoms with Gasteiger partial charge in [-0.25, -0.2) is 4.68 Å². The lowest BCUT2D eigenvalue weighted by Crippen LogP contribution is -2.45. The average molecular weight is 414 g/mol. The van der Waals surface area contributed by atoms with Gasteiger partial charge >= 0.3 is 0 Å². The van der Waals surface area contributed by atoms with Crippen LogP contribution in [0.15, 0.2) is 54.9 Å². The zero-order chi connectivity index (χ0) is 20.9. The molecule has 3 aromatic rings. The van der Waals surface area contributed by atoms with Crippen LogP contribution >= 0.6 is 0 Å². The van der Waals surface area contributed by atoms with E-state index in [2.05, 4.69) is 44.7 Å². The first-order chi connectivity index (χ1) is 15.2. The fourth-order valence-corrected chi connectivity index (χ4v) is 5.54. The molecule has 1 aliphatic carbocycles. The summed E-state index contributed by atoms with van der Waals surface area (Å²) in [6.07, 6.45) is 4.61. The van der Waals surface area contributed by atoms with Gasteiger partial charge < -0.3 is 9.80 Å². The third-order valence-electron chi connectivity index (χ3n) is 6.95. The van der Waals surface area contributed by atoms with Gasteiger partial charge in [0.05, 0.1) is 17.8 Å². The summed E-state index contributed by atoms with van der Waals surface area (Å²) < 4.78 is 1.55. The van der Waals surface area contributed by atoms with Gasteiger partial charge in [0.15, 0.2) is 0 Å². The van der Waals surface area contributed by atoms with Crippen LogP contribution in [0.5, 0.6) is 0 Å². The molecule has 0 N–H and O–H groups in total. The number of nitrogens with zero attached hydrogens (tertiary/aromatic N) is 6. The van der Waals surface area contributed by atoms with Crippen LogP contribution < -0.4 is 0 Å². The van der Waals surface area contributed by atoms with Crippen molar-refractivity contribution in [2.75, 3.05) is 6.54 Å². The van der Waals surface area contributed by atoms with Crippen LogP contribution in [-0.4, -0.2) is 66.5 Å². The van der Waals surface area contributed by atoms with Crippen molar-refractivity contribution >= 4 is 11.8 Å². The van der Waals surface area contributed by atoms with E-state index in [1.807, 2.05) is 17.0 Å². The number of hydrogen-bond donors (Lipinski definition) is 0. The molecule has 156 valence electrons. The maximum absolute atomic E-state index is 13.2. The van der Waals surface area contributed by atoms with Crippen molar-refractivity contribution in [3.05, 3.63) is 71.5 Å². The SMILES string of the molecule is O=C(c1ccc(-n2cnnn2)cc1)N1CC[C@H]2[C@@H]1CC(=O)N2C1Cc2ccccc2C1. The summed E-state index contributed by atoms with van der Waals surface area (Å²) in [6, 6.07) is 16.0. The first-order valence-electron chi connectivity index (χ1n) is 10.7. The Balaban J connectivity index is 1.19. The van der Waals surface area contributed by atoms with E-state index in [0.29, 0.717) is 18.5 Å². The van der Waals surface area contributed by atoms with Gasteiger partial charge in [-0.3, -0.25) is 9.59 Å². The number of rotatable bonds is 3. The van der Waals surface area contributed by atoms with Gasteiger partial charge in [0.1, 0.15) is 6.33 Å². The largest absolute Gasteiger partial charge is 0.334 e.